The zero-order valence-electron chi connectivity index (χ0n) is 21.1. The number of hydrogen-bond acceptors (Lipinski definition) is 8. The molecule has 1 amide bonds. The number of fused-ring (bicyclic) bond motifs is 1. The number of hydrogen-bond donors (Lipinski definition) is 3. The number of Topliss-reactive ketones (excluding diaryl/α,β-unsaturated/α-hetero) is 1. The molecule has 198 valence electrons. The van der Waals surface area contributed by atoms with Crippen LogP contribution in [0.1, 0.15) is 49.0 Å². The molecule has 3 rings (SSSR count). The zero-order chi connectivity index (χ0) is 27.2. The Bertz CT molecular complexity index is 1360. The van der Waals surface area contributed by atoms with Crippen molar-refractivity contribution in [2.45, 2.75) is 57.1 Å². The molecule has 0 spiro atoms. The maximum atomic E-state index is 13.2. The molecule has 0 aliphatic carbocycles. The summed E-state index contributed by atoms with van der Waals surface area (Å²) in [5, 5.41) is 2.91. The number of sulfonamides is 1. The number of ketones is 1. The summed E-state index contributed by atoms with van der Waals surface area (Å²) in [6.07, 6.45) is -0.166. The number of nitrogens with two attached hydrogens (primary N) is 1. The van der Waals surface area contributed by atoms with E-state index in [4.69, 9.17) is 10.5 Å². The Morgan fingerprint density at radius 1 is 1.14 bits per heavy atom. The lowest BCUT2D eigenvalue weighted by Crippen LogP contribution is -2.43. The molecule has 4 N–H and O–H groups in total. The molecular weight excluding hydrogens is 514 g/mol. The number of ether oxygens (including phenoxy) is 1. The van der Waals surface area contributed by atoms with Crippen molar-refractivity contribution < 1.29 is 22.7 Å². The minimum atomic E-state index is -3.87. The Morgan fingerprint density at radius 3 is 2.46 bits per heavy atom. The number of rotatable bonds is 9. The lowest BCUT2D eigenvalue weighted by atomic mass is 10.1. The third-order valence-corrected chi connectivity index (χ3v) is 7.44. The van der Waals surface area contributed by atoms with Crippen LogP contribution in [0.15, 0.2) is 58.4 Å². The van der Waals surface area contributed by atoms with E-state index < -0.39 is 27.8 Å². The fourth-order valence-electron chi connectivity index (χ4n) is 3.29. The number of carbonyl (C=O) groups is 2. The molecule has 0 fully saturated rings. The van der Waals surface area contributed by atoms with Crippen LogP contribution in [0.2, 0.25) is 0 Å². The van der Waals surface area contributed by atoms with Crippen molar-refractivity contribution in [2.75, 3.05) is 6.54 Å². The lowest BCUT2D eigenvalue weighted by molar-refractivity contribution is 0.0488. The van der Waals surface area contributed by atoms with E-state index in [-0.39, 0.29) is 34.6 Å². The minimum absolute atomic E-state index is 0.0688. The Hall–Kier alpha value is -3.51. The van der Waals surface area contributed by atoms with Crippen molar-refractivity contribution in [2.24, 2.45) is 10.7 Å². The Balaban J connectivity index is 1.66. The molecule has 3 aromatic rings. The molecule has 1 heterocycles. The molecule has 0 unspecified atom stereocenters. The zero-order valence-corrected chi connectivity index (χ0v) is 22.8. The van der Waals surface area contributed by atoms with Gasteiger partial charge in [-0.25, -0.2) is 22.9 Å². The average Bonchev–Trinajstić information content (AvgIpc) is 3.23. The smallest absolute Gasteiger partial charge is 0.408 e. The van der Waals surface area contributed by atoms with Crippen LogP contribution in [0.4, 0.5) is 4.79 Å². The quantitative estimate of drug-likeness (QED) is 0.160. The third-order valence-electron chi connectivity index (χ3n) is 5.02. The first-order valence-electron chi connectivity index (χ1n) is 11.6. The number of guanidine groups is 1. The molecule has 37 heavy (non-hydrogen) atoms. The molecule has 0 saturated heterocycles. The number of carbonyl (C=O) groups excluding carboxylic acids is 2. The molecule has 0 aliphatic heterocycles. The summed E-state index contributed by atoms with van der Waals surface area (Å²) >= 11 is 1.25. The average molecular weight is 546 g/mol. The van der Waals surface area contributed by atoms with Gasteiger partial charge in [-0.05, 0) is 64.8 Å². The maximum absolute atomic E-state index is 13.2. The van der Waals surface area contributed by atoms with Gasteiger partial charge in [0, 0.05) is 6.54 Å². The number of aliphatic imine (C=N–C) groups is 1. The van der Waals surface area contributed by atoms with Crippen LogP contribution < -0.4 is 15.8 Å². The number of para-hydroxylation sites is 1. The number of aryl methyl sites for hydroxylation is 1. The van der Waals surface area contributed by atoms with Crippen LogP contribution in [-0.4, -0.2) is 49.4 Å². The van der Waals surface area contributed by atoms with E-state index in [2.05, 4.69) is 20.0 Å². The molecule has 0 saturated carbocycles. The topological polar surface area (TPSA) is 153 Å². The highest BCUT2D eigenvalue weighted by Gasteiger charge is 2.27. The van der Waals surface area contributed by atoms with Crippen LogP contribution >= 0.6 is 11.3 Å². The first kappa shape index (κ1) is 28.1. The van der Waals surface area contributed by atoms with Gasteiger partial charge in [0.1, 0.15) is 5.60 Å². The minimum Gasteiger partial charge on any atom is -0.444 e. The predicted octanol–water partition coefficient (Wildman–Crippen LogP) is 3.75. The van der Waals surface area contributed by atoms with Crippen molar-refractivity contribution in [1.29, 1.82) is 0 Å². The van der Waals surface area contributed by atoms with Gasteiger partial charge in [-0.1, -0.05) is 29.8 Å². The van der Waals surface area contributed by atoms with Crippen LogP contribution in [0.3, 0.4) is 0 Å². The fourth-order valence-corrected chi connectivity index (χ4v) is 5.20. The van der Waals surface area contributed by atoms with E-state index in [9.17, 15) is 18.0 Å². The number of nitrogens with zero attached hydrogens (tertiary/aromatic N) is 2. The number of nitrogens with one attached hydrogen (secondary N) is 2. The second-order valence-corrected chi connectivity index (χ2v) is 12.1. The summed E-state index contributed by atoms with van der Waals surface area (Å²) in [4.78, 5) is 34.2. The number of thiazole rings is 1. The lowest BCUT2D eigenvalue weighted by Gasteiger charge is -2.22. The third kappa shape index (κ3) is 8.25. The van der Waals surface area contributed by atoms with Crippen LogP contribution in [-0.2, 0) is 14.8 Å². The van der Waals surface area contributed by atoms with E-state index in [1.54, 1.807) is 32.9 Å². The molecule has 1 aromatic heterocycles. The van der Waals surface area contributed by atoms with Crippen molar-refractivity contribution in [1.82, 2.24) is 15.0 Å². The molecule has 1 atom stereocenters. The second-order valence-electron chi connectivity index (χ2n) is 9.38. The van der Waals surface area contributed by atoms with Gasteiger partial charge in [-0.3, -0.25) is 9.79 Å². The normalized spacial score (nSPS) is 13.2. The molecule has 0 bridgehead atoms. The van der Waals surface area contributed by atoms with Crippen molar-refractivity contribution in [3.05, 3.63) is 59.1 Å². The number of benzene rings is 2. The Morgan fingerprint density at radius 2 is 1.81 bits per heavy atom. The predicted molar refractivity (Wildman–Crippen MR) is 144 cm³/mol. The molecular formula is C25H31N5O5S2. The fraction of sp³-hybridized carbons (Fsp3) is 0.360. The molecule has 12 heteroatoms. The van der Waals surface area contributed by atoms with Crippen LogP contribution in [0.5, 0.6) is 0 Å². The van der Waals surface area contributed by atoms with E-state index >= 15 is 0 Å². The Labute approximate surface area is 220 Å². The Kier molecular flexibility index (Phi) is 8.87. The van der Waals surface area contributed by atoms with Crippen molar-refractivity contribution in [3.63, 3.8) is 0 Å². The molecule has 10 nitrogen and oxygen atoms in total. The van der Waals surface area contributed by atoms with Gasteiger partial charge in [-0.2, -0.15) is 0 Å². The first-order valence-corrected chi connectivity index (χ1v) is 13.9. The standard InChI is InChI=1S/C25H31N5O5S2/c1-16-11-13-17(14-12-16)37(33,34)30-23(26)27-15-7-9-19(29-24(32)35-25(2,3)4)21(31)22-28-18-8-5-6-10-20(18)36-22/h5-6,8,10-14,19H,7,9,15H2,1-4H3,(H,29,32)(H3,26,27,30)/t19-/m0/s1. The summed E-state index contributed by atoms with van der Waals surface area (Å²) in [5.74, 6) is -0.612. The highest BCUT2D eigenvalue weighted by Crippen LogP contribution is 2.23. The van der Waals surface area contributed by atoms with Gasteiger partial charge < -0.3 is 15.8 Å². The number of alkyl carbamates (subject to hydrolysis) is 1. The summed E-state index contributed by atoms with van der Waals surface area (Å²) in [7, 11) is -3.87. The van der Waals surface area contributed by atoms with E-state index in [1.165, 1.54) is 23.5 Å². The van der Waals surface area contributed by atoms with Crippen molar-refractivity contribution >= 4 is 49.4 Å². The van der Waals surface area contributed by atoms with E-state index in [0.717, 1.165) is 10.3 Å². The summed E-state index contributed by atoms with van der Waals surface area (Å²) in [6.45, 7) is 7.17. The summed E-state index contributed by atoms with van der Waals surface area (Å²) in [5.41, 5.74) is 6.67. The summed E-state index contributed by atoms with van der Waals surface area (Å²) in [6, 6.07) is 12.8. The monoisotopic (exact) mass is 545 g/mol. The number of amides is 1. The van der Waals surface area contributed by atoms with Crippen molar-refractivity contribution in [3.8, 4) is 0 Å². The van der Waals surface area contributed by atoms with Gasteiger partial charge in [-0.15, -0.1) is 11.3 Å². The van der Waals surface area contributed by atoms with Gasteiger partial charge in [0.25, 0.3) is 10.0 Å². The van der Waals surface area contributed by atoms with Gasteiger partial charge in [0.05, 0.1) is 21.2 Å². The second kappa shape index (κ2) is 11.7. The van der Waals surface area contributed by atoms with Gasteiger partial charge >= 0.3 is 6.09 Å². The first-order chi connectivity index (χ1) is 17.3. The van der Waals surface area contributed by atoms with Crippen LogP contribution in [0.25, 0.3) is 10.2 Å². The SMILES string of the molecule is Cc1ccc(S(=O)(=O)NC(N)=NCCC[C@H](NC(=O)OC(C)(C)C)C(=O)c2nc3ccccc3s2)cc1. The molecule has 2 aromatic carbocycles. The molecule has 0 aliphatic rings. The molecule has 0 radical (unpaired) electrons. The van der Waals surface area contributed by atoms with Crippen LogP contribution in [0, 0.1) is 6.92 Å². The van der Waals surface area contributed by atoms with Gasteiger partial charge in [0.2, 0.25) is 11.7 Å². The summed E-state index contributed by atoms with van der Waals surface area (Å²) < 4.78 is 33.3. The maximum Gasteiger partial charge on any atom is 0.408 e. The van der Waals surface area contributed by atoms with Gasteiger partial charge in [0.15, 0.2) is 5.01 Å². The van der Waals surface area contributed by atoms with E-state index in [0.29, 0.717) is 11.9 Å². The number of aromatic nitrogens is 1. The largest absolute Gasteiger partial charge is 0.444 e. The van der Waals surface area contributed by atoms with E-state index in [1.807, 2.05) is 31.2 Å². The highest BCUT2D eigenvalue weighted by atomic mass is 32.2. The highest BCUT2D eigenvalue weighted by molar-refractivity contribution is 7.90.